The van der Waals surface area contributed by atoms with Crippen LogP contribution in [0.3, 0.4) is 0 Å². The van der Waals surface area contributed by atoms with Gasteiger partial charge < -0.3 is 10.2 Å². The highest BCUT2D eigenvalue weighted by Crippen LogP contribution is 2.21. The first-order chi connectivity index (χ1) is 11.7. The molecular formula is C17H22ClN5O. The maximum atomic E-state index is 12.8. The minimum absolute atomic E-state index is 0.109. The van der Waals surface area contributed by atoms with E-state index in [1.54, 1.807) is 4.68 Å². The third-order valence-electron chi connectivity index (χ3n) is 4.05. The smallest absolute Gasteiger partial charge is 0.293 e. The Hall–Kier alpha value is -1.92. The third kappa shape index (κ3) is 3.60. The monoisotopic (exact) mass is 347 g/mol. The Bertz CT molecular complexity index is 707. The van der Waals surface area contributed by atoms with E-state index in [9.17, 15) is 4.79 Å². The second-order valence-corrected chi connectivity index (χ2v) is 6.27. The Morgan fingerprint density at radius 3 is 2.92 bits per heavy atom. The van der Waals surface area contributed by atoms with E-state index in [0.29, 0.717) is 11.6 Å². The van der Waals surface area contributed by atoms with Gasteiger partial charge >= 0.3 is 0 Å². The summed E-state index contributed by atoms with van der Waals surface area (Å²) in [6.45, 7) is 5.23. The van der Waals surface area contributed by atoms with Crippen molar-refractivity contribution in [2.75, 3.05) is 26.2 Å². The molecule has 0 unspecified atom stereocenters. The van der Waals surface area contributed by atoms with Crippen LogP contribution < -0.4 is 5.32 Å². The summed E-state index contributed by atoms with van der Waals surface area (Å²) in [5.41, 5.74) is 0.756. The summed E-state index contributed by atoms with van der Waals surface area (Å²) in [5, 5.41) is 8.37. The van der Waals surface area contributed by atoms with Crippen molar-refractivity contribution < 1.29 is 4.79 Å². The van der Waals surface area contributed by atoms with Crippen LogP contribution >= 0.6 is 11.6 Å². The van der Waals surface area contributed by atoms with Crippen LogP contribution in [0, 0.1) is 0 Å². The topological polar surface area (TPSA) is 63.1 Å². The van der Waals surface area contributed by atoms with Crippen LogP contribution in [0.25, 0.3) is 5.69 Å². The average Bonchev–Trinajstić information content (AvgIpc) is 2.81. The maximum absolute atomic E-state index is 12.8. The Labute approximate surface area is 146 Å². The van der Waals surface area contributed by atoms with E-state index < -0.39 is 0 Å². The zero-order valence-corrected chi connectivity index (χ0v) is 14.6. The number of nitrogens with zero attached hydrogens (tertiary/aromatic N) is 4. The number of carbonyl (C=O) groups excluding carboxylic acids is 1. The minimum Gasteiger partial charge on any atom is -0.335 e. The largest absolute Gasteiger partial charge is 0.335 e. The summed E-state index contributed by atoms with van der Waals surface area (Å²) in [4.78, 5) is 19.1. The van der Waals surface area contributed by atoms with E-state index in [-0.39, 0.29) is 11.7 Å². The molecule has 1 N–H and O–H groups in total. The number of para-hydroxylation sites is 1. The lowest BCUT2D eigenvalue weighted by Gasteiger charge is -2.17. The van der Waals surface area contributed by atoms with Gasteiger partial charge in [-0.3, -0.25) is 4.79 Å². The summed E-state index contributed by atoms with van der Waals surface area (Å²) in [7, 11) is 0. The number of hydrogen-bond acceptors (Lipinski definition) is 4. The molecule has 128 valence electrons. The van der Waals surface area contributed by atoms with Gasteiger partial charge in [-0.25, -0.2) is 9.67 Å². The van der Waals surface area contributed by atoms with Crippen LogP contribution in [0.5, 0.6) is 0 Å². The lowest BCUT2D eigenvalue weighted by atomic mass is 10.3. The molecule has 24 heavy (non-hydrogen) atoms. The molecule has 1 aliphatic rings. The van der Waals surface area contributed by atoms with Crippen molar-refractivity contribution in [2.24, 2.45) is 0 Å². The first-order valence-electron chi connectivity index (χ1n) is 8.41. The predicted octanol–water partition coefficient (Wildman–Crippen LogP) is 2.31. The van der Waals surface area contributed by atoms with E-state index >= 15 is 0 Å². The van der Waals surface area contributed by atoms with E-state index in [2.05, 4.69) is 22.3 Å². The molecule has 1 amide bonds. The summed E-state index contributed by atoms with van der Waals surface area (Å²) < 4.78 is 1.70. The second-order valence-electron chi connectivity index (χ2n) is 5.86. The molecule has 1 saturated heterocycles. The number of amides is 1. The number of aryl methyl sites for hydroxylation is 1. The molecule has 2 aromatic rings. The minimum atomic E-state index is -0.109. The molecule has 0 saturated carbocycles. The van der Waals surface area contributed by atoms with Crippen LogP contribution in [-0.2, 0) is 6.42 Å². The summed E-state index contributed by atoms with van der Waals surface area (Å²) in [6, 6.07) is 7.48. The average molecular weight is 348 g/mol. The van der Waals surface area contributed by atoms with Gasteiger partial charge in [0.25, 0.3) is 5.91 Å². The number of benzene rings is 1. The number of carbonyl (C=O) groups is 1. The standard InChI is InChI=1S/C17H22ClN5O/c1-2-6-15-20-16(17(24)22-11-5-9-19-10-12-22)21-23(15)14-8-4-3-7-13(14)18/h3-4,7-8,19H,2,5-6,9-12H2,1H3. The molecule has 0 aliphatic carbocycles. The van der Waals surface area contributed by atoms with Crippen molar-refractivity contribution in [2.45, 2.75) is 26.2 Å². The number of nitrogens with one attached hydrogen (secondary N) is 1. The fraction of sp³-hybridized carbons (Fsp3) is 0.471. The summed E-state index contributed by atoms with van der Waals surface area (Å²) in [6.07, 6.45) is 2.61. The molecule has 0 radical (unpaired) electrons. The van der Waals surface area contributed by atoms with Gasteiger partial charge in [-0.2, -0.15) is 0 Å². The van der Waals surface area contributed by atoms with E-state index in [4.69, 9.17) is 11.6 Å². The van der Waals surface area contributed by atoms with Gasteiger partial charge in [-0.05, 0) is 31.5 Å². The number of halogens is 1. The molecule has 1 aliphatic heterocycles. The van der Waals surface area contributed by atoms with Crippen molar-refractivity contribution in [3.63, 3.8) is 0 Å². The van der Waals surface area contributed by atoms with Gasteiger partial charge in [0.2, 0.25) is 5.82 Å². The quantitative estimate of drug-likeness (QED) is 0.921. The lowest BCUT2D eigenvalue weighted by molar-refractivity contribution is 0.0754. The second kappa shape index (κ2) is 7.77. The molecule has 7 heteroatoms. The SMILES string of the molecule is CCCc1nc(C(=O)N2CCCNCC2)nn1-c1ccccc1Cl. The van der Waals surface area contributed by atoms with Crippen molar-refractivity contribution in [3.05, 3.63) is 40.9 Å². The molecule has 2 heterocycles. The molecule has 0 bridgehead atoms. The summed E-state index contributed by atoms with van der Waals surface area (Å²) in [5.74, 6) is 0.907. The van der Waals surface area contributed by atoms with Gasteiger partial charge in [0.05, 0.1) is 10.7 Å². The normalized spacial score (nSPS) is 15.3. The zero-order chi connectivity index (χ0) is 16.9. The molecule has 1 aromatic heterocycles. The van der Waals surface area contributed by atoms with Crippen molar-refractivity contribution >= 4 is 17.5 Å². The van der Waals surface area contributed by atoms with Gasteiger partial charge in [0.15, 0.2) is 0 Å². The number of rotatable bonds is 4. The number of hydrogen-bond donors (Lipinski definition) is 1. The molecule has 1 aromatic carbocycles. The van der Waals surface area contributed by atoms with Crippen molar-refractivity contribution in [1.29, 1.82) is 0 Å². The highest BCUT2D eigenvalue weighted by molar-refractivity contribution is 6.32. The van der Waals surface area contributed by atoms with Crippen LogP contribution in [0.15, 0.2) is 24.3 Å². The van der Waals surface area contributed by atoms with E-state index in [1.165, 1.54) is 0 Å². The zero-order valence-electron chi connectivity index (χ0n) is 13.8. The third-order valence-corrected chi connectivity index (χ3v) is 4.37. The van der Waals surface area contributed by atoms with Gasteiger partial charge in [-0.1, -0.05) is 30.7 Å². The van der Waals surface area contributed by atoms with Crippen LogP contribution in [0.2, 0.25) is 5.02 Å². The van der Waals surface area contributed by atoms with Gasteiger partial charge in [0, 0.05) is 26.1 Å². The van der Waals surface area contributed by atoms with Crippen LogP contribution in [0.1, 0.15) is 36.2 Å². The van der Waals surface area contributed by atoms with Crippen molar-refractivity contribution in [3.8, 4) is 5.69 Å². The molecule has 1 fully saturated rings. The Morgan fingerprint density at radius 1 is 1.29 bits per heavy atom. The first kappa shape index (κ1) is 16.9. The molecule has 0 spiro atoms. The predicted molar refractivity (Wildman–Crippen MR) is 93.8 cm³/mol. The van der Waals surface area contributed by atoms with Gasteiger partial charge in [0.1, 0.15) is 5.82 Å². The highest BCUT2D eigenvalue weighted by Gasteiger charge is 2.23. The summed E-state index contributed by atoms with van der Waals surface area (Å²) >= 11 is 6.30. The number of aromatic nitrogens is 3. The fourth-order valence-electron chi connectivity index (χ4n) is 2.83. The highest BCUT2D eigenvalue weighted by atomic mass is 35.5. The molecule has 3 rings (SSSR count). The molecule has 0 atom stereocenters. The fourth-order valence-corrected chi connectivity index (χ4v) is 3.04. The van der Waals surface area contributed by atoms with Crippen molar-refractivity contribution in [1.82, 2.24) is 25.0 Å². The Kier molecular flexibility index (Phi) is 5.48. The van der Waals surface area contributed by atoms with Gasteiger partial charge in [-0.15, -0.1) is 5.10 Å². The maximum Gasteiger partial charge on any atom is 0.293 e. The first-order valence-corrected chi connectivity index (χ1v) is 8.79. The van der Waals surface area contributed by atoms with E-state index in [0.717, 1.165) is 50.4 Å². The van der Waals surface area contributed by atoms with Crippen LogP contribution in [-0.4, -0.2) is 51.8 Å². The Morgan fingerprint density at radius 2 is 2.12 bits per heavy atom. The lowest BCUT2D eigenvalue weighted by Crippen LogP contribution is -2.34. The molecular weight excluding hydrogens is 326 g/mol. The van der Waals surface area contributed by atoms with Crippen LogP contribution in [0.4, 0.5) is 0 Å². The molecule has 6 nitrogen and oxygen atoms in total. The Balaban J connectivity index is 1.93. The van der Waals surface area contributed by atoms with E-state index in [1.807, 2.05) is 29.2 Å².